The van der Waals surface area contributed by atoms with Crippen LogP contribution in [0.5, 0.6) is 0 Å². The van der Waals surface area contributed by atoms with Crippen molar-refractivity contribution in [1.82, 2.24) is 0 Å². The van der Waals surface area contributed by atoms with E-state index in [1.54, 1.807) is 12.1 Å². The van der Waals surface area contributed by atoms with Gasteiger partial charge in [-0.05, 0) is 90.1 Å². The zero-order chi connectivity index (χ0) is 29.6. The summed E-state index contributed by atoms with van der Waals surface area (Å²) in [5.74, 6) is 0.192. The molecule has 0 saturated heterocycles. The van der Waals surface area contributed by atoms with E-state index < -0.39 is 0 Å². The smallest absolute Gasteiger partial charge is 0.338 e. The van der Waals surface area contributed by atoms with E-state index in [9.17, 15) is 4.79 Å². The molecule has 4 aromatic rings. The lowest BCUT2D eigenvalue weighted by Gasteiger charge is -2.11. The zero-order valence-electron chi connectivity index (χ0n) is 24.4. The van der Waals surface area contributed by atoms with E-state index >= 15 is 0 Å². The van der Waals surface area contributed by atoms with Gasteiger partial charge in [-0.1, -0.05) is 111 Å². The van der Waals surface area contributed by atoms with E-state index in [1.165, 1.54) is 11.1 Å². The van der Waals surface area contributed by atoms with Crippen molar-refractivity contribution in [2.75, 3.05) is 6.61 Å². The molecule has 42 heavy (non-hydrogen) atoms. The van der Waals surface area contributed by atoms with Gasteiger partial charge in [-0.25, -0.2) is 4.79 Å². The lowest BCUT2D eigenvalue weighted by molar-refractivity contribution is 0.0498. The van der Waals surface area contributed by atoms with Crippen LogP contribution in [-0.2, 0) is 22.5 Å². The Morgan fingerprint density at radius 3 is 1.81 bits per heavy atom. The van der Waals surface area contributed by atoms with Gasteiger partial charge >= 0.3 is 5.97 Å². The molecule has 0 fully saturated rings. The van der Waals surface area contributed by atoms with Crippen LogP contribution in [0.4, 0.5) is 0 Å². The Kier molecular flexibility index (Phi) is 11.5. The summed E-state index contributed by atoms with van der Waals surface area (Å²) < 4.78 is 11.4. The van der Waals surface area contributed by atoms with Gasteiger partial charge in [0.2, 0.25) is 0 Å². The van der Waals surface area contributed by atoms with Crippen LogP contribution >= 0.6 is 0 Å². The highest BCUT2D eigenvalue weighted by Crippen LogP contribution is 2.25. The molecule has 214 valence electrons. The molecule has 0 aliphatic rings. The van der Waals surface area contributed by atoms with Crippen LogP contribution in [0.15, 0.2) is 129 Å². The average Bonchev–Trinajstić information content (AvgIpc) is 3.05. The number of benzene rings is 4. The van der Waals surface area contributed by atoms with Crippen LogP contribution in [0.3, 0.4) is 0 Å². The molecule has 0 atom stereocenters. The van der Waals surface area contributed by atoms with Crippen LogP contribution in [-0.4, -0.2) is 12.6 Å². The summed E-state index contributed by atoms with van der Waals surface area (Å²) in [6.07, 6.45) is 5.58. The number of unbranched alkanes of at least 4 members (excludes halogenated alkanes) is 2. The molecule has 0 radical (unpaired) electrons. The molecule has 4 rings (SSSR count). The fraction of sp³-hybridized carbons (Fsp3) is 0.205. The molecule has 3 nitrogen and oxygen atoms in total. The van der Waals surface area contributed by atoms with Crippen molar-refractivity contribution < 1.29 is 14.3 Å². The van der Waals surface area contributed by atoms with E-state index in [4.69, 9.17) is 9.47 Å². The third-order valence-electron chi connectivity index (χ3n) is 7.27. The second-order valence-electron chi connectivity index (χ2n) is 10.5. The van der Waals surface area contributed by atoms with Crippen molar-refractivity contribution in [3.05, 3.63) is 162 Å². The second-order valence-corrected chi connectivity index (χ2v) is 10.5. The van der Waals surface area contributed by atoms with Crippen molar-refractivity contribution in [3.8, 4) is 0 Å². The Bertz CT molecular complexity index is 1370. The summed E-state index contributed by atoms with van der Waals surface area (Å²) in [5, 5.41) is 0. The first-order valence-corrected chi connectivity index (χ1v) is 14.6. The van der Waals surface area contributed by atoms with Crippen LogP contribution in [0.1, 0.15) is 70.3 Å². The summed E-state index contributed by atoms with van der Waals surface area (Å²) in [6, 6.07) is 36.2. The quantitative estimate of drug-likeness (QED) is 0.0782. The van der Waals surface area contributed by atoms with Crippen LogP contribution in [0, 0.1) is 0 Å². The van der Waals surface area contributed by atoms with Crippen molar-refractivity contribution in [3.63, 3.8) is 0 Å². The minimum atomic E-state index is -0.332. The topological polar surface area (TPSA) is 35.5 Å². The Labute approximate surface area is 250 Å². The largest absolute Gasteiger partial charge is 0.489 e. The zero-order valence-corrected chi connectivity index (χ0v) is 24.4. The van der Waals surface area contributed by atoms with Crippen molar-refractivity contribution in [1.29, 1.82) is 0 Å². The van der Waals surface area contributed by atoms with Crippen LogP contribution in [0.2, 0.25) is 0 Å². The van der Waals surface area contributed by atoms with Gasteiger partial charge in [0.05, 0.1) is 12.2 Å². The maximum Gasteiger partial charge on any atom is 0.338 e. The number of carbonyl (C=O) groups is 1. The van der Waals surface area contributed by atoms with E-state index in [0.717, 1.165) is 66.4 Å². The molecule has 0 heterocycles. The van der Waals surface area contributed by atoms with E-state index in [1.807, 2.05) is 48.5 Å². The Balaban J connectivity index is 1.15. The summed E-state index contributed by atoms with van der Waals surface area (Å²) in [6.45, 7) is 13.5. The van der Waals surface area contributed by atoms with Crippen molar-refractivity contribution in [2.24, 2.45) is 0 Å². The van der Waals surface area contributed by atoms with Gasteiger partial charge in [0.15, 0.2) is 0 Å². The summed E-state index contributed by atoms with van der Waals surface area (Å²) in [5.41, 5.74) is 8.25. The summed E-state index contributed by atoms with van der Waals surface area (Å²) >= 11 is 0. The average molecular weight is 557 g/mol. The first kappa shape index (κ1) is 30.3. The fourth-order valence-corrected chi connectivity index (χ4v) is 4.70. The normalized spacial score (nSPS) is 10.6. The fourth-order valence-electron chi connectivity index (χ4n) is 4.70. The summed E-state index contributed by atoms with van der Waals surface area (Å²) in [7, 11) is 0. The van der Waals surface area contributed by atoms with Gasteiger partial charge in [0, 0.05) is 5.56 Å². The monoisotopic (exact) mass is 556 g/mol. The molecular formula is C39H40O3. The third kappa shape index (κ3) is 9.49. The molecule has 3 heteroatoms. The molecule has 0 aliphatic carbocycles. The number of allylic oxidation sites excluding steroid dienone is 2. The van der Waals surface area contributed by atoms with E-state index in [2.05, 4.69) is 68.3 Å². The lowest BCUT2D eigenvalue weighted by atomic mass is 9.95. The molecule has 0 spiro atoms. The maximum absolute atomic E-state index is 12.6. The van der Waals surface area contributed by atoms with Gasteiger partial charge in [0.25, 0.3) is 0 Å². The van der Waals surface area contributed by atoms with Gasteiger partial charge in [-0.2, -0.15) is 0 Å². The maximum atomic E-state index is 12.6. The number of hydrogen-bond acceptors (Lipinski definition) is 3. The molecule has 0 saturated carbocycles. The molecule has 0 aromatic heterocycles. The molecule has 0 aliphatic heterocycles. The molecule has 0 unspecified atom stereocenters. The minimum Gasteiger partial charge on any atom is -0.489 e. The van der Waals surface area contributed by atoms with Crippen molar-refractivity contribution >= 4 is 22.9 Å². The number of rotatable bonds is 16. The highest BCUT2D eigenvalue weighted by Gasteiger charge is 2.10. The number of esters is 1. The SMILES string of the molecule is C=C(CCCCCOC(=O)c1cccc(C(=C)OCc2ccccc2)c1)c1cccc(C(=C)CCc2ccccc2)c1. The Morgan fingerprint density at radius 1 is 0.548 bits per heavy atom. The predicted octanol–water partition coefficient (Wildman–Crippen LogP) is 9.95. The number of hydrogen-bond donors (Lipinski definition) is 0. The lowest BCUT2D eigenvalue weighted by Crippen LogP contribution is -2.07. The molecule has 0 bridgehead atoms. The van der Waals surface area contributed by atoms with Gasteiger partial charge in [-0.3, -0.25) is 0 Å². The predicted molar refractivity (Wildman–Crippen MR) is 175 cm³/mol. The third-order valence-corrected chi connectivity index (χ3v) is 7.27. The van der Waals surface area contributed by atoms with Crippen LogP contribution < -0.4 is 0 Å². The molecule has 4 aromatic carbocycles. The number of aryl methyl sites for hydroxylation is 1. The Hall–Kier alpha value is -4.63. The van der Waals surface area contributed by atoms with Gasteiger partial charge in [0.1, 0.15) is 12.4 Å². The summed E-state index contributed by atoms with van der Waals surface area (Å²) in [4.78, 5) is 12.6. The van der Waals surface area contributed by atoms with Crippen molar-refractivity contribution in [2.45, 2.75) is 45.1 Å². The second kappa shape index (κ2) is 16.0. The highest BCUT2D eigenvalue weighted by atomic mass is 16.5. The molecule has 0 amide bonds. The standard InChI is InChI=1S/C39H40O3/c1-30(35-20-13-21-36(27-35)31(2)24-25-33-16-8-4-9-17-33)15-7-6-12-26-41-39(40)38-23-14-22-37(28-38)32(3)42-29-34-18-10-5-11-19-34/h4-5,8-11,13-14,16-23,27-28H,1-3,6-7,12,15,24-26,29H2. The Morgan fingerprint density at radius 2 is 1.12 bits per heavy atom. The van der Waals surface area contributed by atoms with Gasteiger partial charge < -0.3 is 9.47 Å². The number of carbonyl (C=O) groups excluding carboxylic acids is 1. The first-order valence-electron chi connectivity index (χ1n) is 14.6. The minimum absolute atomic E-state index is 0.332. The number of ether oxygens (including phenoxy) is 2. The first-order chi connectivity index (χ1) is 20.5. The van der Waals surface area contributed by atoms with E-state index in [-0.39, 0.29) is 5.97 Å². The highest BCUT2D eigenvalue weighted by molar-refractivity contribution is 5.90. The van der Waals surface area contributed by atoms with Gasteiger partial charge in [-0.15, -0.1) is 0 Å². The molecule has 0 N–H and O–H groups in total. The molecular weight excluding hydrogens is 516 g/mol. The van der Waals surface area contributed by atoms with Crippen LogP contribution in [0.25, 0.3) is 16.9 Å². The van der Waals surface area contributed by atoms with E-state index in [0.29, 0.717) is 24.5 Å².